The molecule has 1 unspecified atom stereocenters. The summed E-state index contributed by atoms with van der Waals surface area (Å²) in [6.07, 6.45) is 2.36. The summed E-state index contributed by atoms with van der Waals surface area (Å²) >= 11 is 0. The van der Waals surface area contributed by atoms with E-state index in [-0.39, 0.29) is 11.9 Å². The molecule has 23 heavy (non-hydrogen) atoms. The van der Waals surface area contributed by atoms with E-state index in [1.807, 2.05) is 31.2 Å². The largest absolute Gasteiger partial charge is 0.497 e. The van der Waals surface area contributed by atoms with Gasteiger partial charge in [0.25, 0.3) is 0 Å². The Labute approximate surface area is 139 Å². The first-order valence-corrected chi connectivity index (χ1v) is 8.33. The van der Waals surface area contributed by atoms with Gasteiger partial charge in [0.15, 0.2) is 0 Å². The fourth-order valence-electron chi connectivity index (χ4n) is 2.80. The third-order valence-electron chi connectivity index (χ3n) is 4.19. The molecule has 1 fully saturated rings. The van der Waals surface area contributed by atoms with Crippen LogP contribution in [0.3, 0.4) is 0 Å². The van der Waals surface area contributed by atoms with Crippen molar-refractivity contribution >= 4 is 5.91 Å². The second-order valence-corrected chi connectivity index (χ2v) is 6.42. The van der Waals surface area contributed by atoms with Crippen LogP contribution in [-0.4, -0.2) is 37.6 Å². The highest BCUT2D eigenvalue weighted by Gasteiger charge is 2.33. The Morgan fingerprint density at radius 2 is 2.00 bits per heavy atom. The van der Waals surface area contributed by atoms with Crippen LogP contribution in [-0.2, 0) is 4.79 Å². The molecule has 0 aliphatic heterocycles. The van der Waals surface area contributed by atoms with Crippen LogP contribution >= 0.6 is 0 Å². The molecule has 1 saturated carbocycles. The molecule has 0 radical (unpaired) electrons. The number of benzene rings is 1. The second-order valence-electron chi connectivity index (χ2n) is 6.42. The fraction of sp³-hybridized carbons (Fsp3) is 0.526. The molecule has 0 heterocycles. The van der Waals surface area contributed by atoms with Gasteiger partial charge in [0, 0.05) is 6.54 Å². The van der Waals surface area contributed by atoms with Gasteiger partial charge in [-0.1, -0.05) is 31.2 Å². The maximum absolute atomic E-state index is 12.4. The predicted molar refractivity (Wildman–Crippen MR) is 93.5 cm³/mol. The molecule has 1 aliphatic rings. The summed E-state index contributed by atoms with van der Waals surface area (Å²) in [7, 11) is 1.66. The zero-order chi connectivity index (χ0) is 16.8. The van der Waals surface area contributed by atoms with E-state index in [9.17, 15) is 4.79 Å². The van der Waals surface area contributed by atoms with Gasteiger partial charge in [-0.25, -0.2) is 0 Å². The topological polar surface area (TPSA) is 41.6 Å². The van der Waals surface area contributed by atoms with E-state index < -0.39 is 0 Å². The predicted octanol–water partition coefficient (Wildman–Crippen LogP) is 3.16. The minimum atomic E-state index is 0.0841. The van der Waals surface area contributed by atoms with Crippen LogP contribution in [0, 0.1) is 5.92 Å². The van der Waals surface area contributed by atoms with Crippen molar-refractivity contribution in [1.82, 2.24) is 10.2 Å². The number of carbonyl (C=O) groups excluding carboxylic acids is 1. The van der Waals surface area contributed by atoms with Crippen LogP contribution < -0.4 is 10.1 Å². The number of nitrogens with zero attached hydrogens (tertiary/aromatic N) is 1. The molecule has 1 aromatic carbocycles. The van der Waals surface area contributed by atoms with Gasteiger partial charge in [0.2, 0.25) is 5.91 Å². The van der Waals surface area contributed by atoms with Crippen LogP contribution in [0.2, 0.25) is 0 Å². The standard InChI is InChI=1S/C19H28N2O2/c1-5-21(12-14(2)3)13-18(22)20-19(15-6-7-15)16-8-10-17(23-4)11-9-16/h8-11,15,19H,2,5-7,12-13H2,1,3-4H3,(H,20,22). The summed E-state index contributed by atoms with van der Waals surface area (Å²) < 4.78 is 5.21. The van der Waals surface area contributed by atoms with Crippen molar-refractivity contribution in [3.8, 4) is 5.75 Å². The molecular weight excluding hydrogens is 288 g/mol. The van der Waals surface area contributed by atoms with Crippen molar-refractivity contribution in [3.05, 3.63) is 42.0 Å². The fourth-order valence-corrected chi connectivity index (χ4v) is 2.80. The monoisotopic (exact) mass is 316 g/mol. The average molecular weight is 316 g/mol. The number of nitrogens with one attached hydrogen (secondary N) is 1. The molecule has 1 aliphatic carbocycles. The highest BCUT2D eigenvalue weighted by Crippen LogP contribution is 2.41. The average Bonchev–Trinajstić information content (AvgIpc) is 3.36. The van der Waals surface area contributed by atoms with E-state index in [0.29, 0.717) is 12.5 Å². The van der Waals surface area contributed by atoms with Gasteiger partial charge in [-0.3, -0.25) is 9.69 Å². The number of hydrogen-bond acceptors (Lipinski definition) is 3. The molecule has 1 amide bonds. The summed E-state index contributed by atoms with van der Waals surface area (Å²) in [6, 6.07) is 8.12. The summed E-state index contributed by atoms with van der Waals surface area (Å²) in [4.78, 5) is 14.5. The molecule has 0 saturated heterocycles. The highest BCUT2D eigenvalue weighted by atomic mass is 16.5. The Hall–Kier alpha value is -1.81. The molecule has 0 bridgehead atoms. The SMILES string of the molecule is C=C(C)CN(CC)CC(=O)NC(c1ccc(OC)cc1)C1CC1. The number of rotatable bonds is 9. The maximum Gasteiger partial charge on any atom is 0.234 e. The van der Waals surface area contributed by atoms with Crippen molar-refractivity contribution in [2.24, 2.45) is 5.92 Å². The lowest BCUT2D eigenvalue weighted by atomic mass is 10.0. The van der Waals surface area contributed by atoms with E-state index in [0.717, 1.165) is 30.0 Å². The van der Waals surface area contributed by atoms with E-state index in [1.165, 1.54) is 12.8 Å². The van der Waals surface area contributed by atoms with E-state index in [1.54, 1.807) is 7.11 Å². The number of carbonyl (C=O) groups is 1. The quantitative estimate of drug-likeness (QED) is 0.712. The van der Waals surface area contributed by atoms with E-state index in [4.69, 9.17) is 4.74 Å². The molecule has 0 spiro atoms. The normalized spacial score (nSPS) is 15.3. The molecule has 2 rings (SSSR count). The van der Waals surface area contributed by atoms with Gasteiger partial charge in [-0.15, -0.1) is 0 Å². The summed E-state index contributed by atoms with van der Waals surface area (Å²) in [5.41, 5.74) is 2.23. The van der Waals surface area contributed by atoms with Crippen LogP contribution in [0.25, 0.3) is 0 Å². The minimum Gasteiger partial charge on any atom is -0.497 e. The van der Waals surface area contributed by atoms with Gasteiger partial charge >= 0.3 is 0 Å². The molecule has 4 heteroatoms. The van der Waals surface area contributed by atoms with Crippen molar-refractivity contribution in [2.45, 2.75) is 32.7 Å². The third kappa shape index (κ3) is 5.39. The molecule has 1 atom stereocenters. The summed E-state index contributed by atoms with van der Waals surface area (Å²) in [5, 5.41) is 3.22. The zero-order valence-electron chi connectivity index (χ0n) is 14.5. The van der Waals surface area contributed by atoms with Crippen molar-refractivity contribution < 1.29 is 9.53 Å². The van der Waals surface area contributed by atoms with Crippen LogP contribution in [0.4, 0.5) is 0 Å². The van der Waals surface area contributed by atoms with Crippen LogP contribution in [0.5, 0.6) is 5.75 Å². The van der Waals surface area contributed by atoms with Crippen molar-refractivity contribution in [1.29, 1.82) is 0 Å². The number of likely N-dealkylation sites (N-methyl/N-ethyl adjacent to an activating group) is 1. The van der Waals surface area contributed by atoms with Gasteiger partial charge in [0.05, 0.1) is 19.7 Å². The smallest absolute Gasteiger partial charge is 0.234 e. The maximum atomic E-state index is 12.4. The summed E-state index contributed by atoms with van der Waals surface area (Å²) in [6.45, 7) is 10.0. The lowest BCUT2D eigenvalue weighted by Gasteiger charge is -2.23. The number of ether oxygens (including phenoxy) is 1. The second kappa shape index (κ2) is 8.16. The van der Waals surface area contributed by atoms with Crippen molar-refractivity contribution in [3.63, 3.8) is 0 Å². The molecular formula is C19H28N2O2. The molecule has 1 N–H and O–H groups in total. The Morgan fingerprint density at radius 3 is 2.48 bits per heavy atom. The third-order valence-corrected chi connectivity index (χ3v) is 4.19. The van der Waals surface area contributed by atoms with Gasteiger partial charge < -0.3 is 10.1 Å². The molecule has 4 nitrogen and oxygen atoms in total. The Morgan fingerprint density at radius 1 is 1.35 bits per heavy atom. The first kappa shape index (κ1) is 17.5. The Balaban J connectivity index is 1.98. The van der Waals surface area contributed by atoms with Crippen LogP contribution in [0.15, 0.2) is 36.4 Å². The Kier molecular flexibility index (Phi) is 6.22. The van der Waals surface area contributed by atoms with E-state index in [2.05, 4.69) is 23.7 Å². The van der Waals surface area contributed by atoms with Gasteiger partial charge in [-0.2, -0.15) is 0 Å². The first-order valence-electron chi connectivity index (χ1n) is 8.33. The molecule has 126 valence electrons. The highest BCUT2D eigenvalue weighted by molar-refractivity contribution is 5.78. The number of methoxy groups -OCH3 is 1. The van der Waals surface area contributed by atoms with E-state index >= 15 is 0 Å². The summed E-state index contributed by atoms with van der Waals surface area (Å²) in [5.74, 6) is 1.48. The minimum absolute atomic E-state index is 0.0841. The van der Waals surface area contributed by atoms with Gasteiger partial charge in [0.1, 0.15) is 5.75 Å². The zero-order valence-corrected chi connectivity index (χ0v) is 14.5. The number of amides is 1. The van der Waals surface area contributed by atoms with Crippen molar-refractivity contribution in [2.75, 3.05) is 26.7 Å². The van der Waals surface area contributed by atoms with Crippen LogP contribution in [0.1, 0.15) is 38.3 Å². The lowest BCUT2D eigenvalue weighted by molar-refractivity contribution is -0.123. The lowest BCUT2D eigenvalue weighted by Crippen LogP contribution is -2.40. The molecule has 1 aromatic rings. The van der Waals surface area contributed by atoms with Gasteiger partial charge in [-0.05, 0) is 49.9 Å². The first-order chi connectivity index (χ1) is 11.0. The molecule has 0 aromatic heterocycles. The Bertz CT molecular complexity index is 535. The number of hydrogen-bond donors (Lipinski definition) is 1.